The number of aromatic nitrogens is 1. The van der Waals surface area contributed by atoms with Crippen LogP contribution in [0.2, 0.25) is 0 Å². The van der Waals surface area contributed by atoms with Crippen molar-refractivity contribution in [2.24, 2.45) is 5.92 Å². The molecule has 1 saturated heterocycles. The molecule has 2 heterocycles. The minimum Gasteiger partial charge on any atom is -0.353 e. The summed E-state index contributed by atoms with van der Waals surface area (Å²) in [7, 11) is 0. The fourth-order valence-corrected chi connectivity index (χ4v) is 3.54. The molecule has 2 amide bonds. The smallest absolute Gasteiger partial charge is 0.239 e. The van der Waals surface area contributed by atoms with Crippen molar-refractivity contribution in [1.29, 1.82) is 0 Å². The summed E-state index contributed by atoms with van der Waals surface area (Å²) in [5.41, 5.74) is 1.88. The predicted molar refractivity (Wildman–Crippen MR) is 103 cm³/mol. The zero-order chi connectivity index (χ0) is 18.1. The van der Waals surface area contributed by atoms with Crippen LogP contribution >= 0.6 is 15.9 Å². The van der Waals surface area contributed by atoms with E-state index in [1.807, 2.05) is 29.2 Å². The normalized spacial score (nSPS) is 21.9. The molecule has 6 nitrogen and oxygen atoms in total. The Kier molecular flexibility index (Phi) is 4.63. The quantitative estimate of drug-likeness (QED) is 0.805. The molecule has 4 rings (SSSR count). The van der Waals surface area contributed by atoms with Crippen LogP contribution in [0.15, 0.2) is 47.1 Å². The number of carbonyl (C=O) groups excluding carboxylic acids is 2. The van der Waals surface area contributed by atoms with Gasteiger partial charge in [0.05, 0.1) is 18.4 Å². The number of anilines is 2. The summed E-state index contributed by atoms with van der Waals surface area (Å²) in [6, 6.07) is 11.8. The molecule has 2 atom stereocenters. The fraction of sp³-hybridized carbons (Fsp3) is 0.316. The Labute approximate surface area is 160 Å². The predicted octanol–water partition coefficient (Wildman–Crippen LogP) is 2.52. The van der Waals surface area contributed by atoms with E-state index < -0.39 is 0 Å². The highest BCUT2D eigenvalue weighted by Gasteiger charge is 2.43. The summed E-state index contributed by atoms with van der Waals surface area (Å²) < 4.78 is 1.04. The second-order valence-corrected chi connectivity index (χ2v) is 7.58. The molecular formula is C19H19BrN4O2. The van der Waals surface area contributed by atoms with Gasteiger partial charge >= 0.3 is 0 Å². The number of amides is 2. The number of piperazine rings is 1. The Balaban J connectivity index is 1.35. The summed E-state index contributed by atoms with van der Waals surface area (Å²) in [5, 5.41) is 5.74. The minimum atomic E-state index is 0.00291. The van der Waals surface area contributed by atoms with Crippen LogP contribution in [-0.4, -0.2) is 36.4 Å². The summed E-state index contributed by atoms with van der Waals surface area (Å²) >= 11 is 3.43. The highest BCUT2D eigenvalue weighted by molar-refractivity contribution is 9.10. The van der Waals surface area contributed by atoms with Crippen LogP contribution in [0.1, 0.15) is 17.9 Å². The fourth-order valence-electron chi connectivity index (χ4n) is 3.28. The number of pyridine rings is 1. The zero-order valence-electron chi connectivity index (χ0n) is 14.1. The Morgan fingerprint density at radius 2 is 2.04 bits per heavy atom. The number of halogens is 1. The molecule has 134 valence electrons. The van der Waals surface area contributed by atoms with E-state index in [1.165, 1.54) is 5.56 Å². The van der Waals surface area contributed by atoms with Crippen molar-refractivity contribution in [2.75, 3.05) is 29.9 Å². The van der Waals surface area contributed by atoms with Crippen molar-refractivity contribution in [3.05, 3.63) is 52.6 Å². The maximum atomic E-state index is 12.4. The highest BCUT2D eigenvalue weighted by Crippen LogP contribution is 2.48. The lowest BCUT2D eigenvalue weighted by Crippen LogP contribution is -2.48. The van der Waals surface area contributed by atoms with Crippen molar-refractivity contribution >= 4 is 39.2 Å². The van der Waals surface area contributed by atoms with E-state index in [4.69, 9.17) is 0 Å². The summed E-state index contributed by atoms with van der Waals surface area (Å²) in [6.07, 6.45) is 2.53. The lowest BCUT2D eigenvalue weighted by Gasteiger charge is -2.27. The first kappa shape index (κ1) is 17.0. The van der Waals surface area contributed by atoms with Gasteiger partial charge in [0, 0.05) is 23.5 Å². The van der Waals surface area contributed by atoms with Crippen LogP contribution in [0.4, 0.5) is 11.5 Å². The molecule has 2 N–H and O–H groups in total. The van der Waals surface area contributed by atoms with Crippen LogP contribution in [0.3, 0.4) is 0 Å². The number of carbonyl (C=O) groups is 2. The van der Waals surface area contributed by atoms with E-state index >= 15 is 0 Å². The third-order valence-corrected chi connectivity index (χ3v) is 5.33. The Morgan fingerprint density at radius 1 is 1.23 bits per heavy atom. The molecular weight excluding hydrogens is 396 g/mol. The molecule has 1 aromatic heterocycles. The van der Waals surface area contributed by atoms with Gasteiger partial charge in [-0.3, -0.25) is 9.59 Å². The van der Waals surface area contributed by atoms with Crippen molar-refractivity contribution in [2.45, 2.75) is 12.3 Å². The topological polar surface area (TPSA) is 74.3 Å². The van der Waals surface area contributed by atoms with Gasteiger partial charge in [-0.2, -0.15) is 0 Å². The van der Waals surface area contributed by atoms with Gasteiger partial charge in [-0.05, 0) is 42.2 Å². The lowest BCUT2D eigenvalue weighted by atomic mass is 10.1. The van der Waals surface area contributed by atoms with Gasteiger partial charge in [0.2, 0.25) is 11.8 Å². The molecule has 0 radical (unpaired) electrons. The SMILES string of the molecule is O=C1CN(c2ccc(NC(=O)[C@@H]3C[C@@H]3c3ccc(Br)cc3)cn2)CCN1. The van der Waals surface area contributed by atoms with E-state index in [2.05, 4.69) is 43.7 Å². The third-order valence-electron chi connectivity index (χ3n) is 4.80. The Bertz CT molecular complexity index is 822. The van der Waals surface area contributed by atoms with Gasteiger partial charge in [-0.25, -0.2) is 4.98 Å². The first-order valence-corrected chi connectivity index (χ1v) is 9.43. The second kappa shape index (κ2) is 7.07. The van der Waals surface area contributed by atoms with Gasteiger partial charge in [0.25, 0.3) is 0 Å². The maximum absolute atomic E-state index is 12.4. The second-order valence-electron chi connectivity index (χ2n) is 6.67. The first-order chi connectivity index (χ1) is 12.6. The molecule has 1 aliphatic carbocycles. The van der Waals surface area contributed by atoms with Crippen molar-refractivity contribution in [3.8, 4) is 0 Å². The standard InChI is InChI=1S/C19H19BrN4O2/c20-13-3-1-12(2-4-13)15-9-16(15)19(26)23-14-5-6-17(22-10-14)24-8-7-21-18(25)11-24/h1-6,10,15-16H,7-9,11H2,(H,21,25)(H,23,26)/t15-,16-/m1/s1. The average molecular weight is 415 g/mol. The summed E-state index contributed by atoms with van der Waals surface area (Å²) in [4.78, 5) is 30.2. The van der Waals surface area contributed by atoms with Crippen LogP contribution in [0.25, 0.3) is 0 Å². The van der Waals surface area contributed by atoms with Gasteiger partial charge in [-0.1, -0.05) is 28.1 Å². The third kappa shape index (κ3) is 3.72. The number of rotatable bonds is 4. The molecule has 1 aliphatic heterocycles. The zero-order valence-corrected chi connectivity index (χ0v) is 15.7. The monoisotopic (exact) mass is 414 g/mol. The van der Waals surface area contributed by atoms with Crippen LogP contribution in [-0.2, 0) is 9.59 Å². The van der Waals surface area contributed by atoms with Gasteiger partial charge < -0.3 is 15.5 Å². The molecule has 0 unspecified atom stereocenters. The van der Waals surface area contributed by atoms with Crippen molar-refractivity contribution in [3.63, 3.8) is 0 Å². The summed E-state index contributed by atoms with van der Waals surface area (Å²) in [5.74, 6) is 1.09. The van der Waals surface area contributed by atoms with Gasteiger partial charge in [0.1, 0.15) is 5.82 Å². The van der Waals surface area contributed by atoms with Gasteiger partial charge in [-0.15, -0.1) is 0 Å². The largest absolute Gasteiger partial charge is 0.353 e. The molecule has 2 fully saturated rings. The first-order valence-electron chi connectivity index (χ1n) is 8.64. The van der Waals surface area contributed by atoms with Crippen LogP contribution < -0.4 is 15.5 Å². The van der Waals surface area contributed by atoms with Crippen molar-refractivity contribution in [1.82, 2.24) is 10.3 Å². The number of benzene rings is 1. The lowest BCUT2D eigenvalue weighted by molar-refractivity contribution is -0.120. The van der Waals surface area contributed by atoms with E-state index in [0.717, 1.165) is 23.3 Å². The molecule has 2 aliphatic rings. The molecule has 26 heavy (non-hydrogen) atoms. The molecule has 0 bridgehead atoms. The van der Waals surface area contributed by atoms with E-state index in [1.54, 1.807) is 6.20 Å². The van der Waals surface area contributed by atoms with E-state index in [-0.39, 0.29) is 17.7 Å². The van der Waals surface area contributed by atoms with Gasteiger partial charge in [0.15, 0.2) is 0 Å². The van der Waals surface area contributed by atoms with E-state index in [0.29, 0.717) is 24.7 Å². The highest BCUT2D eigenvalue weighted by atomic mass is 79.9. The molecule has 7 heteroatoms. The Morgan fingerprint density at radius 3 is 2.73 bits per heavy atom. The maximum Gasteiger partial charge on any atom is 0.239 e. The molecule has 1 saturated carbocycles. The van der Waals surface area contributed by atoms with E-state index in [9.17, 15) is 9.59 Å². The number of hydrogen-bond donors (Lipinski definition) is 2. The molecule has 1 aromatic carbocycles. The number of nitrogens with zero attached hydrogens (tertiary/aromatic N) is 2. The Hall–Kier alpha value is -2.41. The number of nitrogens with one attached hydrogen (secondary N) is 2. The summed E-state index contributed by atoms with van der Waals surface area (Å²) in [6.45, 7) is 1.68. The molecule has 0 spiro atoms. The molecule has 2 aromatic rings. The minimum absolute atomic E-state index is 0.00291. The number of hydrogen-bond acceptors (Lipinski definition) is 4. The average Bonchev–Trinajstić information content (AvgIpc) is 3.44. The van der Waals surface area contributed by atoms with Crippen LogP contribution in [0, 0.1) is 5.92 Å². The van der Waals surface area contributed by atoms with Crippen molar-refractivity contribution < 1.29 is 9.59 Å². The van der Waals surface area contributed by atoms with Crippen LogP contribution in [0.5, 0.6) is 0 Å².